The molecule has 2 rings (SSSR count). The van der Waals surface area contributed by atoms with Crippen molar-refractivity contribution in [1.29, 1.82) is 0 Å². The number of methoxy groups -OCH3 is 2. The Morgan fingerprint density at radius 2 is 1.78 bits per heavy atom. The topological polar surface area (TPSA) is 85.9 Å². The predicted molar refractivity (Wildman–Crippen MR) is 102 cm³/mol. The van der Waals surface area contributed by atoms with Crippen molar-refractivity contribution < 1.29 is 23.8 Å². The average Bonchev–Trinajstić information content (AvgIpc) is 2.68. The van der Waals surface area contributed by atoms with Crippen molar-refractivity contribution in [2.75, 3.05) is 32.7 Å². The number of carbonyl (C=O) groups is 2. The van der Waals surface area contributed by atoms with E-state index in [2.05, 4.69) is 10.6 Å². The molecule has 0 heterocycles. The zero-order chi connectivity index (χ0) is 19.6. The summed E-state index contributed by atoms with van der Waals surface area (Å²) in [5, 5.41) is 5.48. The maximum Gasteiger partial charge on any atom is 0.265 e. The molecule has 7 nitrogen and oxygen atoms in total. The minimum absolute atomic E-state index is 0.288. The first-order valence-electron chi connectivity index (χ1n) is 8.53. The maximum atomic E-state index is 12.5. The van der Waals surface area contributed by atoms with Crippen LogP contribution in [0, 0.1) is 0 Å². The molecule has 2 aromatic rings. The summed E-state index contributed by atoms with van der Waals surface area (Å²) in [6.45, 7) is 2.43. The molecule has 0 aliphatic rings. The molecule has 2 N–H and O–H groups in total. The maximum absolute atomic E-state index is 12.5. The first-order valence-corrected chi connectivity index (χ1v) is 8.53. The summed E-state index contributed by atoms with van der Waals surface area (Å²) in [6.07, 6.45) is -0.762. The minimum Gasteiger partial charge on any atom is -0.497 e. The number of anilines is 1. The number of nitrogens with one attached hydrogen (secondary N) is 2. The Morgan fingerprint density at radius 1 is 1.04 bits per heavy atom. The zero-order valence-corrected chi connectivity index (χ0v) is 15.7. The lowest BCUT2D eigenvalue weighted by Crippen LogP contribution is -2.32. The van der Waals surface area contributed by atoms with E-state index >= 15 is 0 Å². The number of amides is 2. The molecule has 0 unspecified atom stereocenters. The fourth-order valence-electron chi connectivity index (χ4n) is 2.32. The number of benzene rings is 2. The van der Waals surface area contributed by atoms with Gasteiger partial charge in [-0.15, -0.1) is 0 Å². The number of rotatable bonds is 9. The molecular formula is C20H24N2O5. The van der Waals surface area contributed by atoms with Gasteiger partial charge in [0, 0.05) is 19.7 Å². The number of para-hydroxylation sites is 1. The summed E-state index contributed by atoms with van der Waals surface area (Å²) in [4.78, 5) is 24.8. The Bertz CT molecular complexity index is 778. The van der Waals surface area contributed by atoms with Crippen molar-refractivity contribution in [1.82, 2.24) is 5.32 Å². The van der Waals surface area contributed by atoms with Crippen molar-refractivity contribution in [2.45, 2.75) is 13.0 Å². The average molecular weight is 372 g/mol. The Hall–Kier alpha value is -3.06. The molecule has 7 heteroatoms. The highest BCUT2D eigenvalue weighted by Gasteiger charge is 2.18. The molecule has 0 spiro atoms. The van der Waals surface area contributed by atoms with Gasteiger partial charge in [-0.3, -0.25) is 9.59 Å². The van der Waals surface area contributed by atoms with E-state index in [1.54, 1.807) is 69.7 Å². The smallest absolute Gasteiger partial charge is 0.265 e. The van der Waals surface area contributed by atoms with Crippen LogP contribution in [0.15, 0.2) is 48.5 Å². The molecule has 0 aromatic heterocycles. The van der Waals surface area contributed by atoms with Gasteiger partial charge in [0.15, 0.2) is 6.10 Å². The molecule has 0 radical (unpaired) electrons. The zero-order valence-electron chi connectivity index (χ0n) is 15.7. The molecule has 0 aliphatic carbocycles. The van der Waals surface area contributed by atoms with Crippen LogP contribution in [-0.4, -0.2) is 45.3 Å². The van der Waals surface area contributed by atoms with Gasteiger partial charge < -0.3 is 24.8 Å². The molecule has 0 saturated heterocycles. The molecule has 0 fully saturated rings. The molecule has 0 bridgehead atoms. The van der Waals surface area contributed by atoms with Crippen LogP contribution in [0.2, 0.25) is 0 Å². The van der Waals surface area contributed by atoms with E-state index in [0.717, 1.165) is 0 Å². The lowest BCUT2D eigenvalue weighted by molar-refractivity contribution is -0.122. The largest absolute Gasteiger partial charge is 0.497 e. The van der Waals surface area contributed by atoms with Gasteiger partial charge in [-0.2, -0.15) is 0 Å². The highest BCUT2D eigenvalue weighted by atomic mass is 16.5. The molecule has 27 heavy (non-hydrogen) atoms. The van der Waals surface area contributed by atoms with Crippen molar-refractivity contribution in [3.8, 4) is 11.5 Å². The van der Waals surface area contributed by atoms with Crippen molar-refractivity contribution >= 4 is 17.5 Å². The quantitative estimate of drug-likeness (QED) is 0.661. The lowest BCUT2D eigenvalue weighted by atomic mass is 10.1. The van der Waals surface area contributed by atoms with E-state index in [4.69, 9.17) is 14.2 Å². The summed E-state index contributed by atoms with van der Waals surface area (Å²) >= 11 is 0. The van der Waals surface area contributed by atoms with Gasteiger partial charge in [0.25, 0.3) is 11.8 Å². The first-order chi connectivity index (χ1) is 13.0. The van der Waals surface area contributed by atoms with Crippen LogP contribution in [0.25, 0.3) is 0 Å². The summed E-state index contributed by atoms with van der Waals surface area (Å²) in [5.74, 6) is 0.500. The molecule has 2 aromatic carbocycles. The Kier molecular flexibility index (Phi) is 7.63. The Balaban J connectivity index is 2.03. The summed E-state index contributed by atoms with van der Waals surface area (Å²) in [5.41, 5.74) is 0.786. The normalized spacial score (nSPS) is 11.4. The molecule has 144 valence electrons. The highest BCUT2D eigenvalue weighted by Crippen LogP contribution is 2.21. The lowest BCUT2D eigenvalue weighted by Gasteiger charge is -2.17. The van der Waals surface area contributed by atoms with Crippen LogP contribution in [-0.2, 0) is 9.53 Å². The fourth-order valence-corrected chi connectivity index (χ4v) is 2.32. The van der Waals surface area contributed by atoms with E-state index in [1.165, 1.54) is 0 Å². The van der Waals surface area contributed by atoms with Gasteiger partial charge in [-0.1, -0.05) is 18.2 Å². The summed E-state index contributed by atoms with van der Waals surface area (Å²) < 4.78 is 15.7. The van der Waals surface area contributed by atoms with Gasteiger partial charge in [0.1, 0.15) is 11.5 Å². The van der Waals surface area contributed by atoms with Gasteiger partial charge in [0.05, 0.1) is 25.0 Å². The van der Waals surface area contributed by atoms with Gasteiger partial charge in [-0.05, 0) is 31.2 Å². The molecule has 1 atom stereocenters. The fraction of sp³-hybridized carbons (Fsp3) is 0.300. The highest BCUT2D eigenvalue weighted by molar-refractivity contribution is 6.04. The molecular weight excluding hydrogens is 348 g/mol. The second-order valence-corrected chi connectivity index (χ2v) is 5.72. The standard InChI is InChI=1S/C20H24N2O5/c1-14(27-16-8-6-7-15(13-16)26-3)19(23)22-18-10-5-4-9-17(18)20(24)21-11-12-25-2/h4-10,13-14H,11-12H2,1-3H3,(H,21,24)(H,22,23)/t14-/m1/s1. The van der Waals surface area contributed by atoms with Crippen LogP contribution in [0.4, 0.5) is 5.69 Å². The van der Waals surface area contributed by atoms with Crippen molar-refractivity contribution in [2.24, 2.45) is 0 Å². The molecule has 2 amide bonds. The number of hydrogen-bond acceptors (Lipinski definition) is 5. The van der Waals surface area contributed by atoms with Gasteiger partial charge in [-0.25, -0.2) is 0 Å². The van der Waals surface area contributed by atoms with E-state index in [9.17, 15) is 9.59 Å². The molecule has 0 aliphatic heterocycles. The second kappa shape index (κ2) is 10.2. The summed E-state index contributed by atoms with van der Waals surface area (Å²) in [7, 11) is 3.12. The van der Waals surface area contributed by atoms with Gasteiger partial charge >= 0.3 is 0 Å². The van der Waals surface area contributed by atoms with E-state index < -0.39 is 6.10 Å². The predicted octanol–water partition coefficient (Wildman–Crippen LogP) is 2.48. The third-order valence-electron chi connectivity index (χ3n) is 3.74. The Morgan fingerprint density at radius 3 is 2.52 bits per heavy atom. The van der Waals surface area contributed by atoms with Crippen LogP contribution >= 0.6 is 0 Å². The van der Waals surface area contributed by atoms with Gasteiger partial charge in [0.2, 0.25) is 0 Å². The van der Waals surface area contributed by atoms with E-state index in [1.807, 2.05) is 0 Å². The molecule has 0 saturated carbocycles. The van der Waals surface area contributed by atoms with E-state index in [-0.39, 0.29) is 11.8 Å². The van der Waals surface area contributed by atoms with Crippen LogP contribution in [0.5, 0.6) is 11.5 Å². The monoisotopic (exact) mass is 372 g/mol. The first kappa shape index (κ1) is 20.3. The van der Waals surface area contributed by atoms with Crippen LogP contribution < -0.4 is 20.1 Å². The van der Waals surface area contributed by atoms with E-state index in [0.29, 0.717) is 35.9 Å². The van der Waals surface area contributed by atoms with Crippen LogP contribution in [0.1, 0.15) is 17.3 Å². The Labute approximate surface area is 158 Å². The minimum atomic E-state index is -0.762. The third-order valence-corrected chi connectivity index (χ3v) is 3.74. The number of carbonyl (C=O) groups excluding carboxylic acids is 2. The number of hydrogen-bond donors (Lipinski definition) is 2. The van der Waals surface area contributed by atoms with Crippen molar-refractivity contribution in [3.63, 3.8) is 0 Å². The van der Waals surface area contributed by atoms with Crippen molar-refractivity contribution in [3.05, 3.63) is 54.1 Å². The number of ether oxygens (including phenoxy) is 3. The third kappa shape index (κ3) is 6.00. The summed E-state index contributed by atoms with van der Waals surface area (Å²) in [6, 6.07) is 13.8. The SMILES string of the molecule is COCCNC(=O)c1ccccc1NC(=O)[C@@H](C)Oc1cccc(OC)c1. The second-order valence-electron chi connectivity index (χ2n) is 5.72. The van der Waals surface area contributed by atoms with Crippen LogP contribution in [0.3, 0.4) is 0 Å².